The molecule has 10 heteroatoms. The lowest BCUT2D eigenvalue weighted by molar-refractivity contribution is 0.0934. The first-order valence-corrected chi connectivity index (χ1v) is 15.0. The molecule has 4 aliphatic heterocycles. The fourth-order valence-electron chi connectivity index (χ4n) is 4.83. The first-order valence-electron chi connectivity index (χ1n) is 15.0. The predicted molar refractivity (Wildman–Crippen MR) is 179 cm³/mol. The Kier molecular flexibility index (Phi) is 10.7. The molecule has 48 heavy (non-hydrogen) atoms. The van der Waals surface area contributed by atoms with Gasteiger partial charge in [-0.3, -0.25) is 19.2 Å². The minimum Gasteiger partial charge on any atom is -0.481 e. The molecular formula is C38H32N4O6. The number of nitrogens with one attached hydrogen (secondary N) is 4. The number of amides is 4. The second-order valence-corrected chi connectivity index (χ2v) is 10.8. The van der Waals surface area contributed by atoms with Gasteiger partial charge in [0.1, 0.15) is 24.7 Å². The molecule has 240 valence electrons. The molecule has 0 atom stereocenters. The molecule has 8 rings (SSSR count). The highest BCUT2D eigenvalue weighted by molar-refractivity contribution is 6.01. The quantitative estimate of drug-likeness (QED) is 0.251. The summed E-state index contributed by atoms with van der Waals surface area (Å²) in [6.45, 7) is 0.808. The van der Waals surface area contributed by atoms with Crippen LogP contribution in [0.5, 0.6) is 11.5 Å². The molecule has 4 heterocycles. The van der Waals surface area contributed by atoms with Crippen molar-refractivity contribution in [3.8, 4) is 36.2 Å². The predicted octanol–water partition coefficient (Wildman–Crippen LogP) is 3.74. The van der Waals surface area contributed by atoms with Gasteiger partial charge in [-0.15, -0.1) is 12.8 Å². The van der Waals surface area contributed by atoms with Crippen molar-refractivity contribution in [2.75, 3.05) is 13.2 Å². The molecule has 0 aliphatic carbocycles. The Balaban J connectivity index is 1.42. The van der Waals surface area contributed by atoms with Crippen molar-refractivity contribution in [1.82, 2.24) is 21.3 Å². The summed E-state index contributed by atoms with van der Waals surface area (Å²) in [6, 6.07) is 23.8. The highest BCUT2D eigenvalue weighted by atomic mass is 16.5. The molecule has 4 N–H and O–H groups in total. The van der Waals surface area contributed by atoms with E-state index in [1.807, 2.05) is 48.5 Å². The van der Waals surface area contributed by atoms with Gasteiger partial charge < -0.3 is 30.7 Å². The molecule has 0 radical (unpaired) electrons. The van der Waals surface area contributed by atoms with E-state index in [0.717, 1.165) is 22.3 Å². The summed E-state index contributed by atoms with van der Waals surface area (Å²) in [5.41, 5.74) is 4.21. The van der Waals surface area contributed by atoms with E-state index in [4.69, 9.17) is 22.3 Å². The van der Waals surface area contributed by atoms with Crippen molar-refractivity contribution < 1.29 is 28.7 Å². The lowest BCUT2D eigenvalue weighted by Crippen LogP contribution is -2.26. The van der Waals surface area contributed by atoms with Gasteiger partial charge in [0.05, 0.1) is 0 Å². The number of ether oxygens (including phenoxy) is 2. The van der Waals surface area contributed by atoms with Crippen LogP contribution in [0.3, 0.4) is 0 Å². The molecule has 0 unspecified atom stereocenters. The van der Waals surface area contributed by atoms with Crippen LogP contribution in [0.4, 0.5) is 0 Å². The summed E-state index contributed by atoms with van der Waals surface area (Å²) in [6.07, 6.45) is 10.7. The fourth-order valence-corrected chi connectivity index (χ4v) is 4.83. The molecule has 8 bridgehead atoms. The highest BCUT2D eigenvalue weighted by Crippen LogP contribution is 2.20. The lowest BCUT2D eigenvalue weighted by atomic mass is 10.1. The Hall–Kier alpha value is -6.52. The van der Waals surface area contributed by atoms with E-state index in [-0.39, 0.29) is 61.6 Å². The standard InChI is InChI=1S/C38H32N4O6/c1-3-13-47-33-17-29-15-30(18-33)36(44)40-22-26-7-11-28(12-8-26)24-42-38(46)32-16-31(19-34(20-32)48-14-4-2)37(45)41-23-27-9-5-25(6-10-27)21-39-35(29)43/h1-2,5-12,15-20H,13-14,21-24H2,(H,39,43)(H,40,44)(H,41,45)(H,42,46). The zero-order valence-electron chi connectivity index (χ0n) is 25.9. The number of terminal acetylenes is 2. The molecule has 0 aromatic heterocycles. The van der Waals surface area contributed by atoms with Gasteiger partial charge in [-0.1, -0.05) is 60.4 Å². The van der Waals surface area contributed by atoms with E-state index in [1.165, 1.54) is 36.4 Å². The largest absolute Gasteiger partial charge is 0.481 e. The average molecular weight is 641 g/mol. The van der Waals surface area contributed by atoms with E-state index in [1.54, 1.807) is 0 Å². The van der Waals surface area contributed by atoms with E-state index in [2.05, 4.69) is 33.1 Å². The Bertz CT molecular complexity index is 1670. The number of hydrogen-bond donors (Lipinski definition) is 4. The van der Waals surface area contributed by atoms with Crippen LogP contribution in [0.1, 0.15) is 63.7 Å². The lowest BCUT2D eigenvalue weighted by Gasteiger charge is -2.13. The Morgan fingerprint density at radius 2 is 0.708 bits per heavy atom. The third-order valence-corrected chi connectivity index (χ3v) is 7.36. The van der Waals surface area contributed by atoms with Crippen LogP contribution in [-0.4, -0.2) is 36.8 Å². The minimum atomic E-state index is -0.400. The highest BCUT2D eigenvalue weighted by Gasteiger charge is 2.16. The van der Waals surface area contributed by atoms with Crippen LogP contribution in [0, 0.1) is 24.7 Å². The summed E-state index contributed by atoms with van der Waals surface area (Å²) in [5.74, 6) is 3.75. The molecule has 4 aromatic rings. The van der Waals surface area contributed by atoms with E-state index in [9.17, 15) is 19.2 Å². The SMILES string of the molecule is C#CCOc1cc2cc(c1)C(=O)NCc1ccc(cc1)CNC(=O)c1cc(OCC#C)cc(c1)C(=O)NCc1ccc(cc1)CNC2=O. The Morgan fingerprint density at radius 3 is 0.938 bits per heavy atom. The summed E-state index contributed by atoms with van der Waals surface area (Å²) in [4.78, 5) is 52.6. The van der Waals surface area contributed by atoms with Crippen molar-refractivity contribution in [1.29, 1.82) is 0 Å². The van der Waals surface area contributed by atoms with Gasteiger partial charge in [0.25, 0.3) is 23.6 Å². The van der Waals surface area contributed by atoms with Crippen LogP contribution in [-0.2, 0) is 26.2 Å². The third-order valence-electron chi connectivity index (χ3n) is 7.36. The number of hydrogen-bond acceptors (Lipinski definition) is 6. The molecule has 4 aromatic carbocycles. The van der Waals surface area contributed by atoms with Gasteiger partial charge in [-0.25, -0.2) is 0 Å². The summed E-state index contributed by atoms with van der Waals surface area (Å²) in [7, 11) is 0. The fraction of sp³-hybridized carbons (Fsp3) is 0.158. The van der Waals surface area contributed by atoms with Crippen LogP contribution < -0.4 is 30.7 Å². The van der Waals surface area contributed by atoms with Gasteiger partial charge in [0, 0.05) is 48.4 Å². The van der Waals surface area contributed by atoms with Crippen LogP contribution in [0.2, 0.25) is 0 Å². The maximum atomic E-state index is 13.1. The van der Waals surface area contributed by atoms with Crippen molar-refractivity contribution in [2.45, 2.75) is 26.2 Å². The monoisotopic (exact) mass is 640 g/mol. The van der Waals surface area contributed by atoms with Crippen molar-refractivity contribution >= 4 is 23.6 Å². The smallest absolute Gasteiger partial charge is 0.251 e. The maximum absolute atomic E-state index is 13.1. The summed E-state index contributed by atoms with van der Waals surface area (Å²) >= 11 is 0. The first-order chi connectivity index (χ1) is 23.3. The normalized spacial score (nSPS) is 13.6. The van der Waals surface area contributed by atoms with Crippen LogP contribution >= 0.6 is 0 Å². The van der Waals surface area contributed by atoms with Gasteiger partial charge in [0.15, 0.2) is 0 Å². The molecule has 4 amide bonds. The molecule has 0 saturated carbocycles. The van der Waals surface area contributed by atoms with E-state index >= 15 is 0 Å². The number of carbonyl (C=O) groups is 4. The van der Waals surface area contributed by atoms with Gasteiger partial charge in [0.2, 0.25) is 0 Å². The zero-order valence-corrected chi connectivity index (χ0v) is 25.9. The molecule has 10 nitrogen and oxygen atoms in total. The number of benzene rings is 4. The second-order valence-electron chi connectivity index (χ2n) is 10.8. The molecule has 0 fully saturated rings. The van der Waals surface area contributed by atoms with Crippen molar-refractivity contribution in [3.05, 3.63) is 129 Å². The molecule has 0 saturated heterocycles. The van der Waals surface area contributed by atoms with Gasteiger partial charge in [-0.05, 0) is 58.7 Å². The topological polar surface area (TPSA) is 135 Å². The van der Waals surface area contributed by atoms with E-state index < -0.39 is 23.6 Å². The molecule has 0 spiro atoms. The number of rotatable bonds is 4. The van der Waals surface area contributed by atoms with E-state index in [0.29, 0.717) is 11.5 Å². The maximum Gasteiger partial charge on any atom is 0.251 e. The van der Waals surface area contributed by atoms with Gasteiger partial charge in [-0.2, -0.15) is 0 Å². The second kappa shape index (κ2) is 15.7. The summed E-state index contributed by atoms with van der Waals surface area (Å²) in [5, 5.41) is 11.5. The molecule has 4 aliphatic rings. The summed E-state index contributed by atoms with van der Waals surface area (Å²) < 4.78 is 11.1. The van der Waals surface area contributed by atoms with Crippen molar-refractivity contribution in [3.63, 3.8) is 0 Å². The number of carbonyl (C=O) groups excluding carboxylic acids is 4. The Labute approximate surface area is 278 Å². The zero-order chi connectivity index (χ0) is 33.9. The average Bonchev–Trinajstić information content (AvgIpc) is 3.12. The molecular weight excluding hydrogens is 608 g/mol. The van der Waals surface area contributed by atoms with Gasteiger partial charge >= 0.3 is 0 Å². The third kappa shape index (κ3) is 8.81. The minimum absolute atomic E-state index is 0.0282. The Morgan fingerprint density at radius 1 is 0.458 bits per heavy atom. The first kappa shape index (κ1) is 32.9. The van der Waals surface area contributed by atoms with Crippen LogP contribution in [0.15, 0.2) is 84.9 Å². The van der Waals surface area contributed by atoms with Crippen LogP contribution in [0.25, 0.3) is 0 Å². The van der Waals surface area contributed by atoms with Crippen molar-refractivity contribution in [2.24, 2.45) is 0 Å².